The molecule has 0 saturated carbocycles. The van der Waals surface area contributed by atoms with Crippen LogP contribution in [-0.4, -0.2) is 31.9 Å². The maximum absolute atomic E-state index is 13.5. The number of hydrogen-bond donors (Lipinski definition) is 1. The van der Waals surface area contributed by atoms with Gasteiger partial charge in [0.25, 0.3) is 0 Å². The maximum Gasteiger partial charge on any atom is 0.245 e. The van der Waals surface area contributed by atoms with E-state index in [2.05, 4.69) is 0 Å². The van der Waals surface area contributed by atoms with Crippen LogP contribution in [0.1, 0.15) is 12.8 Å². The molecule has 0 spiro atoms. The number of rotatable bonds is 2. The summed E-state index contributed by atoms with van der Waals surface area (Å²) in [5.74, 6) is -0.706. The van der Waals surface area contributed by atoms with Crippen LogP contribution >= 0.6 is 0 Å². The van der Waals surface area contributed by atoms with Crippen molar-refractivity contribution in [2.45, 2.75) is 23.8 Å². The van der Waals surface area contributed by atoms with Gasteiger partial charge in [0.1, 0.15) is 10.7 Å². The topological polar surface area (TPSA) is 63.4 Å². The highest BCUT2D eigenvalue weighted by Gasteiger charge is 2.29. The van der Waals surface area contributed by atoms with Crippen molar-refractivity contribution in [3.63, 3.8) is 0 Å². The van der Waals surface area contributed by atoms with Crippen LogP contribution in [0.3, 0.4) is 0 Å². The second kappa shape index (κ2) is 4.72. The van der Waals surface area contributed by atoms with Crippen LogP contribution in [0, 0.1) is 5.82 Å². The molecule has 1 aliphatic rings. The van der Waals surface area contributed by atoms with Crippen LogP contribution in [0.5, 0.6) is 0 Å². The molecule has 0 atom stereocenters. The minimum atomic E-state index is -3.71. The van der Waals surface area contributed by atoms with E-state index in [4.69, 9.17) is 5.73 Å². The molecule has 17 heavy (non-hydrogen) atoms. The van der Waals surface area contributed by atoms with Crippen molar-refractivity contribution >= 4 is 10.0 Å². The molecule has 0 aromatic heterocycles. The summed E-state index contributed by atoms with van der Waals surface area (Å²) in [4.78, 5) is -0.254. The lowest BCUT2D eigenvalue weighted by molar-refractivity contribution is 0.319. The molecular weight excluding hydrogens is 243 g/mol. The van der Waals surface area contributed by atoms with Crippen molar-refractivity contribution < 1.29 is 12.8 Å². The van der Waals surface area contributed by atoms with Gasteiger partial charge in [-0.1, -0.05) is 12.1 Å². The lowest BCUT2D eigenvalue weighted by Crippen LogP contribution is -2.42. The molecule has 94 valence electrons. The zero-order chi connectivity index (χ0) is 12.5. The Morgan fingerprint density at radius 3 is 2.41 bits per heavy atom. The van der Waals surface area contributed by atoms with Crippen molar-refractivity contribution in [3.05, 3.63) is 30.1 Å². The first kappa shape index (κ1) is 12.5. The van der Waals surface area contributed by atoms with E-state index in [1.807, 2.05) is 0 Å². The highest BCUT2D eigenvalue weighted by molar-refractivity contribution is 7.89. The summed E-state index contributed by atoms with van der Waals surface area (Å²) in [6.07, 6.45) is 1.24. The van der Waals surface area contributed by atoms with Gasteiger partial charge in [-0.2, -0.15) is 4.31 Å². The van der Waals surface area contributed by atoms with E-state index in [1.165, 1.54) is 22.5 Å². The fourth-order valence-electron chi connectivity index (χ4n) is 1.91. The van der Waals surface area contributed by atoms with Gasteiger partial charge in [0.15, 0.2) is 0 Å². The Kier molecular flexibility index (Phi) is 3.46. The van der Waals surface area contributed by atoms with Crippen molar-refractivity contribution in [1.29, 1.82) is 0 Å². The molecule has 0 bridgehead atoms. The Morgan fingerprint density at radius 2 is 1.82 bits per heavy atom. The van der Waals surface area contributed by atoms with Gasteiger partial charge in [0.05, 0.1) is 0 Å². The largest absolute Gasteiger partial charge is 0.328 e. The molecule has 2 rings (SSSR count). The van der Waals surface area contributed by atoms with Gasteiger partial charge in [0.2, 0.25) is 10.0 Å². The van der Waals surface area contributed by atoms with Gasteiger partial charge in [-0.3, -0.25) is 0 Å². The fourth-order valence-corrected chi connectivity index (χ4v) is 3.44. The maximum atomic E-state index is 13.5. The molecule has 1 aromatic rings. The van der Waals surface area contributed by atoms with Gasteiger partial charge in [-0.05, 0) is 25.0 Å². The van der Waals surface area contributed by atoms with E-state index in [0.717, 1.165) is 6.07 Å². The zero-order valence-corrected chi connectivity index (χ0v) is 10.2. The first-order valence-electron chi connectivity index (χ1n) is 5.52. The molecule has 4 nitrogen and oxygen atoms in total. The van der Waals surface area contributed by atoms with E-state index in [1.54, 1.807) is 0 Å². The molecule has 6 heteroatoms. The van der Waals surface area contributed by atoms with Gasteiger partial charge < -0.3 is 5.73 Å². The summed E-state index contributed by atoms with van der Waals surface area (Å²) in [7, 11) is -3.71. The summed E-state index contributed by atoms with van der Waals surface area (Å²) < 4.78 is 39.1. The van der Waals surface area contributed by atoms with Gasteiger partial charge >= 0.3 is 0 Å². The lowest BCUT2D eigenvalue weighted by atomic mass is 10.1. The Balaban J connectivity index is 2.28. The molecule has 0 unspecified atom stereocenters. The molecule has 2 N–H and O–H groups in total. The molecule has 0 aliphatic carbocycles. The third-order valence-corrected chi connectivity index (χ3v) is 4.88. The monoisotopic (exact) mass is 258 g/mol. The lowest BCUT2D eigenvalue weighted by Gasteiger charge is -2.29. The molecule has 1 heterocycles. The Morgan fingerprint density at radius 1 is 1.24 bits per heavy atom. The SMILES string of the molecule is NC1CCN(S(=O)(=O)c2ccccc2F)CC1. The van der Waals surface area contributed by atoms with E-state index in [-0.39, 0.29) is 10.9 Å². The van der Waals surface area contributed by atoms with Crippen molar-refractivity contribution in [1.82, 2.24) is 4.31 Å². The fraction of sp³-hybridized carbons (Fsp3) is 0.455. The van der Waals surface area contributed by atoms with E-state index >= 15 is 0 Å². The summed E-state index contributed by atoms with van der Waals surface area (Å²) in [5.41, 5.74) is 5.71. The number of sulfonamides is 1. The van der Waals surface area contributed by atoms with Crippen LogP contribution < -0.4 is 5.73 Å². The quantitative estimate of drug-likeness (QED) is 0.858. The van der Waals surface area contributed by atoms with Crippen LogP contribution in [0.4, 0.5) is 4.39 Å². The predicted octanol–water partition coefficient (Wildman–Crippen LogP) is 0.937. The minimum absolute atomic E-state index is 0.0436. The molecule has 1 aromatic carbocycles. The minimum Gasteiger partial charge on any atom is -0.328 e. The molecule has 1 aliphatic heterocycles. The highest BCUT2D eigenvalue weighted by atomic mass is 32.2. The molecule has 0 amide bonds. The molecule has 1 fully saturated rings. The standard InChI is InChI=1S/C11H15FN2O2S/c12-10-3-1-2-4-11(10)17(15,16)14-7-5-9(13)6-8-14/h1-4,9H,5-8,13H2. The average molecular weight is 258 g/mol. The second-order valence-corrected chi connectivity index (χ2v) is 6.08. The van der Waals surface area contributed by atoms with Crippen molar-refractivity contribution in [2.75, 3.05) is 13.1 Å². The number of hydrogen-bond acceptors (Lipinski definition) is 3. The van der Waals surface area contributed by atoms with E-state index in [0.29, 0.717) is 25.9 Å². The smallest absolute Gasteiger partial charge is 0.245 e. The summed E-state index contributed by atoms with van der Waals surface area (Å²) in [5, 5.41) is 0. The van der Waals surface area contributed by atoms with E-state index in [9.17, 15) is 12.8 Å². The van der Waals surface area contributed by atoms with Gasteiger partial charge in [0, 0.05) is 19.1 Å². The highest BCUT2D eigenvalue weighted by Crippen LogP contribution is 2.22. The predicted molar refractivity (Wildman–Crippen MR) is 62.4 cm³/mol. The van der Waals surface area contributed by atoms with Gasteiger partial charge in [-0.25, -0.2) is 12.8 Å². The number of nitrogens with zero attached hydrogens (tertiary/aromatic N) is 1. The van der Waals surface area contributed by atoms with Crippen LogP contribution in [0.2, 0.25) is 0 Å². The van der Waals surface area contributed by atoms with Crippen LogP contribution in [0.25, 0.3) is 0 Å². The van der Waals surface area contributed by atoms with Crippen molar-refractivity contribution in [2.24, 2.45) is 5.73 Å². The Labute approximate surface area is 100 Å². The van der Waals surface area contributed by atoms with Crippen LogP contribution in [0.15, 0.2) is 29.2 Å². The molecule has 1 saturated heterocycles. The number of piperidine rings is 1. The van der Waals surface area contributed by atoms with Crippen LogP contribution in [-0.2, 0) is 10.0 Å². The average Bonchev–Trinajstić information content (AvgIpc) is 2.30. The van der Waals surface area contributed by atoms with Gasteiger partial charge in [-0.15, -0.1) is 0 Å². The number of nitrogens with two attached hydrogens (primary N) is 1. The zero-order valence-electron chi connectivity index (χ0n) is 9.34. The third kappa shape index (κ3) is 2.48. The second-order valence-electron chi connectivity index (χ2n) is 4.17. The molecule has 0 radical (unpaired) electrons. The summed E-state index contributed by atoms with van der Waals surface area (Å²) in [6, 6.07) is 5.48. The summed E-state index contributed by atoms with van der Waals surface area (Å²) in [6.45, 7) is 0.718. The first-order chi connectivity index (χ1) is 8.01. The normalized spacial score (nSPS) is 19.4. The Hall–Kier alpha value is -0.980. The van der Waals surface area contributed by atoms with Crippen molar-refractivity contribution in [3.8, 4) is 0 Å². The van der Waals surface area contributed by atoms with E-state index < -0.39 is 15.8 Å². The number of halogens is 1. The third-order valence-electron chi connectivity index (χ3n) is 2.95. The number of benzene rings is 1. The molecular formula is C11H15FN2O2S. The Bertz CT molecular complexity index is 496. The summed E-state index contributed by atoms with van der Waals surface area (Å²) >= 11 is 0. The first-order valence-corrected chi connectivity index (χ1v) is 6.96.